The van der Waals surface area contributed by atoms with E-state index in [0.717, 1.165) is 10.8 Å². The highest BCUT2D eigenvalue weighted by Gasteiger charge is 2.09. The molecule has 0 aliphatic carbocycles. The van der Waals surface area contributed by atoms with Crippen molar-refractivity contribution >= 4 is 17.7 Å². The molecule has 0 saturated carbocycles. The molecule has 1 aromatic heterocycles. The smallest absolute Gasteiger partial charge is 0.230 e. The topological polar surface area (TPSA) is 67.2 Å². The summed E-state index contributed by atoms with van der Waals surface area (Å²) in [6, 6.07) is 6.25. The fraction of sp³-hybridized carbons (Fsp3) is 0.375. The van der Waals surface area contributed by atoms with E-state index < -0.39 is 0 Å². The number of carbonyl (C=O) groups excluding carboxylic acids is 1. The van der Waals surface area contributed by atoms with Crippen molar-refractivity contribution in [3.8, 4) is 5.69 Å². The number of aliphatic hydroxyl groups is 1. The van der Waals surface area contributed by atoms with Crippen LogP contribution in [-0.2, 0) is 4.79 Å². The zero-order valence-corrected chi connectivity index (χ0v) is 13.7. The van der Waals surface area contributed by atoms with E-state index in [0.29, 0.717) is 18.7 Å². The van der Waals surface area contributed by atoms with Crippen LogP contribution in [0.5, 0.6) is 0 Å². The lowest BCUT2D eigenvalue weighted by Crippen LogP contribution is -2.26. The van der Waals surface area contributed by atoms with Gasteiger partial charge in [0, 0.05) is 31.2 Å². The lowest BCUT2D eigenvalue weighted by molar-refractivity contribution is -0.118. The third kappa shape index (κ3) is 4.35. The Kier molecular flexibility index (Phi) is 6.03. The molecule has 0 fully saturated rings. The van der Waals surface area contributed by atoms with Gasteiger partial charge in [0.2, 0.25) is 5.91 Å². The summed E-state index contributed by atoms with van der Waals surface area (Å²) in [5.74, 6) is 0.265. The Balaban J connectivity index is 2.00. The van der Waals surface area contributed by atoms with Crippen LogP contribution in [0.2, 0.25) is 0 Å². The number of carbonyl (C=O) groups is 1. The number of imidazole rings is 1. The summed E-state index contributed by atoms with van der Waals surface area (Å²) in [4.78, 5) is 16.0. The van der Waals surface area contributed by atoms with E-state index >= 15 is 0 Å². The molecule has 1 amide bonds. The van der Waals surface area contributed by atoms with Crippen LogP contribution in [0.4, 0.5) is 0 Å². The van der Waals surface area contributed by atoms with Gasteiger partial charge in [-0.15, -0.1) is 0 Å². The third-order valence-corrected chi connectivity index (χ3v) is 4.33. The van der Waals surface area contributed by atoms with Crippen LogP contribution in [0.1, 0.15) is 17.5 Å². The Morgan fingerprint density at radius 3 is 2.91 bits per heavy atom. The fourth-order valence-corrected chi connectivity index (χ4v) is 2.76. The molecule has 1 heterocycles. The first kappa shape index (κ1) is 16.6. The molecule has 2 rings (SSSR count). The van der Waals surface area contributed by atoms with Crippen LogP contribution in [0.25, 0.3) is 5.69 Å². The van der Waals surface area contributed by atoms with Crippen molar-refractivity contribution in [3.05, 3.63) is 41.7 Å². The molecule has 0 saturated heterocycles. The molecule has 1 aromatic carbocycles. The number of nitrogens with one attached hydrogen (secondary N) is 1. The molecule has 0 aliphatic heterocycles. The predicted molar refractivity (Wildman–Crippen MR) is 88.5 cm³/mol. The van der Waals surface area contributed by atoms with Gasteiger partial charge in [0.25, 0.3) is 0 Å². The number of aromatic nitrogens is 2. The van der Waals surface area contributed by atoms with Gasteiger partial charge >= 0.3 is 0 Å². The molecule has 2 aromatic rings. The first-order valence-corrected chi connectivity index (χ1v) is 8.21. The normalized spacial score (nSPS) is 10.7. The van der Waals surface area contributed by atoms with Crippen molar-refractivity contribution in [2.24, 2.45) is 0 Å². The Labute approximate surface area is 134 Å². The quantitative estimate of drug-likeness (QED) is 0.606. The highest BCUT2D eigenvalue weighted by Crippen LogP contribution is 2.21. The maximum atomic E-state index is 11.7. The van der Waals surface area contributed by atoms with Crippen molar-refractivity contribution in [3.63, 3.8) is 0 Å². The second-order valence-electron chi connectivity index (χ2n) is 5.06. The van der Waals surface area contributed by atoms with Crippen LogP contribution in [0, 0.1) is 13.8 Å². The first-order chi connectivity index (χ1) is 10.6. The van der Waals surface area contributed by atoms with E-state index in [2.05, 4.69) is 42.3 Å². The average Bonchev–Trinajstić information content (AvgIpc) is 2.97. The first-order valence-electron chi connectivity index (χ1n) is 7.23. The molecule has 2 N–H and O–H groups in total. The van der Waals surface area contributed by atoms with Gasteiger partial charge < -0.3 is 10.4 Å². The summed E-state index contributed by atoms with van der Waals surface area (Å²) in [5, 5.41) is 12.3. The number of thioether (sulfide) groups is 1. The highest BCUT2D eigenvalue weighted by atomic mass is 32.2. The Bertz CT molecular complexity index is 640. The van der Waals surface area contributed by atoms with Crippen LogP contribution in [0.3, 0.4) is 0 Å². The van der Waals surface area contributed by atoms with Gasteiger partial charge in [-0.3, -0.25) is 9.36 Å². The number of amides is 1. The molecule has 22 heavy (non-hydrogen) atoms. The zero-order chi connectivity index (χ0) is 15.9. The van der Waals surface area contributed by atoms with Crippen LogP contribution >= 0.6 is 11.8 Å². The molecule has 6 heteroatoms. The fourth-order valence-electron chi connectivity index (χ4n) is 1.96. The molecular weight excluding hydrogens is 298 g/mol. The summed E-state index contributed by atoms with van der Waals surface area (Å²) >= 11 is 1.40. The van der Waals surface area contributed by atoms with Gasteiger partial charge in [-0.25, -0.2) is 4.98 Å². The SMILES string of the molecule is Cc1ccc(-n2ccnc2SCC(=O)NCCCO)cc1C. The van der Waals surface area contributed by atoms with Gasteiger partial charge in [0.05, 0.1) is 5.75 Å². The van der Waals surface area contributed by atoms with Crippen LogP contribution in [-0.4, -0.2) is 39.5 Å². The van der Waals surface area contributed by atoms with Crippen molar-refractivity contribution in [1.82, 2.24) is 14.9 Å². The molecular formula is C16H21N3O2S. The van der Waals surface area contributed by atoms with E-state index in [1.807, 2.05) is 10.8 Å². The number of nitrogens with zero attached hydrogens (tertiary/aromatic N) is 2. The van der Waals surface area contributed by atoms with Crippen molar-refractivity contribution < 1.29 is 9.90 Å². The summed E-state index contributed by atoms with van der Waals surface area (Å²) in [6.07, 6.45) is 4.21. The lowest BCUT2D eigenvalue weighted by Gasteiger charge is -2.10. The number of hydrogen-bond donors (Lipinski definition) is 2. The Hall–Kier alpha value is -1.79. The van der Waals surface area contributed by atoms with Gasteiger partial charge in [-0.05, 0) is 43.5 Å². The molecule has 0 aliphatic rings. The maximum absolute atomic E-state index is 11.7. The second kappa shape index (κ2) is 8.00. The van der Waals surface area contributed by atoms with E-state index in [-0.39, 0.29) is 12.5 Å². The summed E-state index contributed by atoms with van der Waals surface area (Å²) in [7, 11) is 0. The van der Waals surface area contributed by atoms with Crippen LogP contribution < -0.4 is 5.32 Å². The number of aryl methyl sites for hydroxylation is 2. The maximum Gasteiger partial charge on any atom is 0.230 e. The van der Waals surface area contributed by atoms with Crippen LogP contribution in [0.15, 0.2) is 35.7 Å². The number of rotatable bonds is 7. The van der Waals surface area contributed by atoms with E-state index in [1.54, 1.807) is 6.20 Å². The Morgan fingerprint density at radius 2 is 2.18 bits per heavy atom. The second-order valence-corrected chi connectivity index (χ2v) is 6.01. The Morgan fingerprint density at radius 1 is 1.36 bits per heavy atom. The summed E-state index contributed by atoms with van der Waals surface area (Å²) < 4.78 is 1.98. The minimum absolute atomic E-state index is 0.0481. The van der Waals surface area contributed by atoms with Gasteiger partial charge in [-0.2, -0.15) is 0 Å². The summed E-state index contributed by atoms with van der Waals surface area (Å²) in [6.45, 7) is 4.75. The number of hydrogen-bond acceptors (Lipinski definition) is 4. The summed E-state index contributed by atoms with van der Waals surface area (Å²) in [5.41, 5.74) is 3.52. The molecule has 0 bridgehead atoms. The van der Waals surface area contributed by atoms with E-state index in [9.17, 15) is 4.79 Å². The van der Waals surface area contributed by atoms with Gasteiger partial charge in [-0.1, -0.05) is 17.8 Å². The predicted octanol–water partition coefficient (Wildman–Crippen LogP) is 2.08. The minimum atomic E-state index is -0.0481. The van der Waals surface area contributed by atoms with Crippen molar-refractivity contribution in [2.75, 3.05) is 18.9 Å². The number of benzene rings is 1. The zero-order valence-electron chi connectivity index (χ0n) is 12.9. The molecule has 0 spiro atoms. The van der Waals surface area contributed by atoms with Crippen molar-refractivity contribution in [1.29, 1.82) is 0 Å². The standard InChI is InChI=1S/C16H21N3O2S/c1-12-4-5-14(10-13(12)2)19-8-7-18-16(19)22-11-15(21)17-6-3-9-20/h4-5,7-8,10,20H,3,6,9,11H2,1-2H3,(H,17,21). The van der Waals surface area contributed by atoms with Crippen molar-refractivity contribution in [2.45, 2.75) is 25.4 Å². The largest absolute Gasteiger partial charge is 0.396 e. The number of aliphatic hydroxyl groups excluding tert-OH is 1. The minimum Gasteiger partial charge on any atom is -0.396 e. The molecule has 0 radical (unpaired) electrons. The molecule has 0 atom stereocenters. The van der Waals surface area contributed by atoms with E-state index in [4.69, 9.17) is 5.11 Å². The third-order valence-electron chi connectivity index (χ3n) is 3.36. The molecule has 118 valence electrons. The van der Waals surface area contributed by atoms with Gasteiger partial charge in [0.1, 0.15) is 0 Å². The van der Waals surface area contributed by atoms with Gasteiger partial charge in [0.15, 0.2) is 5.16 Å². The molecule has 5 nitrogen and oxygen atoms in total. The highest BCUT2D eigenvalue weighted by molar-refractivity contribution is 7.99. The van der Waals surface area contributed by atoms with E-state index in [1.165, 1.54) is 22.9 Å². The molecule has 0 unspecified atom stereocenters. The monoisotopic (exact) mass is 319 g/mol. The average molecular weight is 319 g/mol. The lowest BCUT2D eigenvalue weighted by atomic mass is 10.1.